The summed E-state index contributed by atoms with van der Waals surface area (Å²) in [6.07, 6.45) is 54.2. The van der Waals surface area contributed by atoms with Gasteiger partial charge in [-0.05, 0) is 19.3 Å². The molecule has 0 spiro atoms. The number of aliphatic carboxylic acids is 2. The monoisotopic (exact) mass is 737 g/mol. The first kappa shape index (κ1) is 53.0. The van der Waals surface area contributed by atoms with Gasteiger partial charge < -0.3 is 10.2 Å². The molecule has 0 heterocycles. The molecule has 312 valence electrons. The lowest BCUT2D eigenvalue weighted by Crippen LogP contribution is -2.13. The minimum absolute atomic E-state index is 0.0968. The maximum absolute atomic E-state index is 11.6. The van der Waals surface area contributed by atoms with Gasteiger partial charge in [-0.25, -0.2) is 0 Å². The highest BCUT2D eigenvalue weighted by Crippen LogP contribution is 2.21. The Hall–Kier alpha value is -1.06. The van der Waals surface area contributed by atoms with E-state index in [0.717, 1.165) is 38.5 Å². The average molecular weight is 737 g/mol. The number of unbranched alkanes of at least 4 members (excludes halogenated alkanes) is 36. The highest BCUT2D eigenvalue weighted by Gasteiger charge is 2.16. The van der Waals surface area contributed by atoms with Gasteiger partial charge in [-0.1, -0.05) is 265 Å². The highest BCUT2D eigenvalue weighted by molar-refractivity contribution is 5.69. The maximum atomic E-state index is 11.6. The summed E-state index contributed by atoms with van der Waals surface area (Å²) in [7, 11) is 0. The van der Waals surface area contributed by atoms with Crippen molar-refractivity contribution in [3.8, 4) is 0 Å². The first-order chi connectivity index (χ1) is 25.5. The van der Waals surface area contributed by atoms with Crippen LogP contribution in [0, 0.1) is 5.92 Å². The van der Waals surface area contributed by atoms with E-state index in [9.17, 15) is 14.7 Å². The Morgan fingerprint density at radius 3 is 0.692 bits per heavy atom. The molecule has 1 unspecified atom stereocenters. The van der Waals surface area contributed by atoms with Crippen molar-refractivity contribution < 1.29 is 19.8 Å². The van der Waals surface area contributed by atoms with Gasteiger partial charge in [0.1, 0.15) is 0 Å². The second kappa shape index (κ2) is 48.0. The van der Waals surface area contributed by atoms with Gasteiger partial charge in [0.25, 0.3) is 0 Å². The average Bonchev–Trinajstić information content (AvgIpc) is 3.13. The van der Waals surface area contributed by atoms with E-state index in [1.54, 1.807) is 0 Å². The number of rotatable bonds is 43. The van der Waals surface area contributed by atoms with Crippen LogP contribution in [0.5, 0.6) is 0 Å². The Bertz CT molecular complexity index is 677. The van der Waals surface area contributed by atoms with E-state index in [4.69, 9.17) is 5.11 Å². The minimum Gasteiger partial charge on any atom is -0.481 e. The van der Waals surface area contributed by atoms with Crippen molar-refractivity contribution in [1.82, 2.24) is 0 Å². The summed E-state index contributed by atoms with van der Waals surface area (Å²) in [5.74, 6) is -1.31. The summed E-state index contributed by atoms with van der Waals surface area (Å²) < 4.78 is 0. The van der Waals surface area contributed by atoms with Crippen LogP contribution in [-0.4, -0.2) is 22.2 Å². The number of carbonyl (C=O) groups is 2. The van der Waals surface area contributed by atoms with Crippen LogP contribution >= 0.6 is 0 Å². The van der Waals surface area contributed by atoms with E-state index in [1.807, 2.05) is 0 Å². The molecular formula is C48H96O4. The lowest BCUT2D eigenvalue weighted by atomic mass is 9.94. The smallest absolute Gasteiger partial charge is 0.306 e. The SMILES string of the molecule is CCCCCCCCCCCCCCCC(=O)O.CCCCCCCCCCCCCCCCC(CCCCCCCCCCCCCC)C(=O)O. The Labute approximate surface area is 327 Å². The predicted octanol–water partition coefficient (Wildman–Crippen LogP) is 17.2. The lowest BCUT2D eigenvalue weighted by Gasteiger charge is -2.12. The van der Waals surface area contributed by atoms with Crippen molar-refractivity contribution in [1.29, 1.82) is 0 Å². The van der Waals surface area contributed by atoms with Crippen molar-refractivity contribution >= 4 is 11.9 Å². The molecule has 0 amide bonds. The van der Waals surface area contributed by atoms with Crippen molar-refractivity contribution in [3.63, 3.8) is 0 Å². The van der Waals surface area contributed by atoms with Gasteiger partial charge in [-0.2, -0.15) is 0 Å². The summed E-state index contributed by atoms with van der Waals surface area (Å²) in [5.41, 5.74) is 0. The number of hydrogen-bond donors (Lipinski definition) is 2. The molecule has 2 N–H and O–H groups in total. The van der Waals surface area contributed by atoms with Crippen LogP contribution in [0.4, 0.5) is 0 Å². The van der Waals surface area contributed by atoms with Crippen LogP contribution in [0.25, 0.3) is 0 Å². The van der Waals surface area contributed by atoms with Gasteiger partial charge in [0.2, 0.25) is 0 Å². The van der Waals surface area contributed by atoms with Gasteiger partial charge in [0.05, 0.1) is 5.92 Å². The third-order valence-electron chi connectivity index (χ3n) is 11.2. The van der Waals surface area contributed by atoms with Crippen molar-refractivity contribution in [2.24, 2.45) is 5.92 Å². The van der Waals surface area contributed by atoms with E-state index in [2.05, 4.69) is 20.8 Å². The molecule has 0 aliphatic carbocycles. The van der Waals surface area contributed by atoms with E-state index in [1.165, 1.54) is 225 Å². The molecular weight excluding hydrogens is 641 g/mol. The summed E-state index contributed by atoms with van der Waals surface area (Å²) in [6, 6.07) is 0. The zero-order valence-corrected chi connectivity index (χ0v) is 36.0. The molecule has 0 saturated carbocycles. The maximum Gasteiger partial charge on any atom is 0.306 e. The fourth-order valence-corrected chi connectivity index (χ4v) is 7.50. The Kier molecular flexibility index (Phi) is 48.9. The molecule has 0 bridgehead atoms. The van der Waals surface area contributed by atoms with E-state index < -0.39 is 11.9 Å². The quantitative estimate of drug-likeness (QED) is 0.0611. The molecule has 4 nitrogen and oxygen atoms in total. The normalized spacial score (nSPS) is 11.8. The number of carboxylic acid groups (broad SMARTS) is 2. The second-order valence-electron chi connectivity index (χ2n) is 16.5. The molecule has 0 aromatic rings. The van der Waals surface area contributed by atoms with Crippen LogP contribution in [0.2, 0.25) is 0 Å². The van der Waals surface area contributed by atoms with Gasteiger partial charge in [0, 0.05) is 6.42 Å². The first-order valence-corrected chi connectivity index (χ1v) is 23.9. The fourth-order valence-electron chi connectivity index (χ4n) is 7.50. The zero-order chi connectivity index (χ0) is 38.4. The Morgan fingerprint density at radius 1 is 0.308 bits per heavy atom. The summed E-state index contributed by atoms with van der Waals surface area (Å²) in [5, 5.41) is 18.0. The zero-order valence-electron chi connectivity index (χ0n) is 36.0. The second-order valence-corrected chi connectivity index (χ2v) is 16.5. The van der Waals surface area contributed by atoms with Crippen LogP contribution in [0.15, 0.2) is 0 Å². The Balaban J connectivity index is 0. The fraction of sp³-hybridized carbons (Fsp3) is 0.958. The Morgan fingerprint density at radius 2 is 0.500 bits per heavy atom. The van der Waals surface area contributed by atoms with E-state index >= 15 is 0 Å². The van der Waals surface area contributed by atoms with Gasteiger partial charge in [-0.15, -0.1) is 0 Å². The molecule has 0 aliphatic heterocycles. The summed E-state index contributed by atoms with van der Waals surface area (Å²) in [6.45, 7) is 6.82. The molecule has 0 aromatic heterocycles. The van der Waals surface area contributed by atoms with Gasteiger partial charge in [-0.3, -0.25) is 9.59 Å². The van der Waals surface area contributed by atoms with Crippen LogP contribution < -0.4 is 0 Å². The first-order valence-electron chi connectivity index (χ1n) is 23.9. The molecule has 0 rings (SSSR count). The van der Waals surface area contributed by atoms with Crippen LogP contribution in [0.3, 0.4) is 0 Å². The lowest BCUT2D eigenvalue weighted by molar-refractivity contribution is -0.142. The molecule has 0 aromatic carbocycles. The molecule has 4 heteroatoms. The number of carboxylic acids is 2. The third kappa shape index (κ3) is 48.9. The molecule has 52 heavy (non-hydrogen) atoms. The third-order valence-corrected chi connectivity index (χ3v) is 11.2. The minimum atomic E-state index is -0.655. The van der Waals surface area contributed by atoms with Crippen molar-refractivity contribution in [2.45, 2.75) is 290 Å². The molecule has 0 saturated heterocycles. The van der Waals surface area contributed by atoms with Crippen molar-refractivity contribution in [2.75, 3.05) is 0 Å². The van der Waals surface area contributed by atoms with Gasteiger partial charge >= 0.3 is 11.9 Å². The van der Waals surface area contributed by atoms with E-state index in [-0.39, 0.29) is 5.92 Å². The van der Waals surface area contributed by atoms with E-state index in [0.29, 0.717) is 6.42 Å². The summed E-state index contributed by atoms with van der Waals surface area (Å²) >= 11 is 0. The number of hydrogen-bond acceptors (Lipinski definition) is 2. The standard InChI is InChI=1S/C32H64O2.C16H32O2/c1-3-5-7-9-11-13-15-17-18-20-22-24-26-28-30-31(32(33)34)29-27-25-23-21-19-16-14-12-10-8-6-4-2;1-2-3-4-5-6-7-8-9-10-11-12-13-14-15-16(17)18/h31H,3-30H2,1-2H3,(H,33,34);2-15H2,1H3,(H,17,18). The topological polar surface area (TPSA) is 74.6 Å². The van der Waals surface area contributed by atoms with Crippen LogP contribution in [0.1, 0.15) is 290 Å². The highest BCUT2D eigenvalue weighted by atomic mass is 16.4. The largest absolute Gasteiger partial charge is 0.481 e. The predicted molar refractivity (Wildman–Crippen MR) is 230 cm³/mol. The molecule has 0 fully saturated rings. The molecule has 0 aliphatic rings. The van der Waals surface area contributed by atoms with Crippen LogP contribution in [-0.2, 0) is 9.59 Å². The molecule has 0 radical (unpaired) electrons. The van der Waals surface area contributed by atoms with Crippen molar-refractivity contribution in [3.05, 3.63) is 0 Å². The van der Waals surface area contributed by atoms with Gasteiger partial charge in [0.15, 0.2) is 0 Å². The summed E-state index contributed by atoms with van der Waals surface area (Å²) in [4.78, 5) is 21.9. The molecule has 1 atom stereocenters.